The first-order chi connectivity index (χ1) is 8.61. The Morgan fingerprint density at radius 1 is 1.06 bits per heavy atom. The third-order valence-electron chi connectivity index (χ3n) is 3.87. The molecule has 0 amide bonds. The highest BCUT2D eigenvalue weighted by Gasteiger charge is 2.18. The predicted molar refractivity (Wildman–Crippen MR) is 80.4 cm³/mol. The van der Waals surface area contributed by atoms with Crippen molar-refractivity contribution >= 4 is 5.57 Å². The summed E-state index contributed by atoms with van der Waals surface area (Å²) in [5.41, 5.74) is 8.34. The van der Waals surface area contributed by atoms with Crippen molar-refractivity contribution in [1.29, 1.82) is 0 Å². The van der Waals surface area contributed by atoms with Crippen LogP contribution in [-0.2, 0) is 0 Å². The first-order valence-electron chi connectivity index (χ1n) is 6.72. The molecule has 0 aliphatic heterocycles. The van der Waals surface area contributed by atoms with Gasteiger partial charge in [-0.15, -0.1) is 0 Å². The van der Waals surface area contributed by atoms with Crippen LogP contribution in [0.1, 0.15) is 45.6 Å². The van der Waals surface area contributed by atoms with E-state index in [4.69, 9.17) is 0 Å². The first kappa shape index (κ1) is 12.9. The molecule has 0 N–H and O–H groups in total. The van der Waals surface area contributed by atoms with Crippen molar-refractivity contribution in [2.75, 3.05) is 0 Å². The van der Waals surface area contributed by atoms with Crippen molar-refractivity contribution in [3.63, 3.8) is 0 Å². The SMILES string of the molecule is C=C(C)/C(C)=C(\C1=C(C)CCC1)c1ccccc1. The number of benzene rings is 1. The van der Waals surface area contributed by atoms with Crippen LogP contribution in [-0.4, -0.2) is 0 Å². The van der Waals surface area contributed by atoms with Gasteiger partial charge in [-0.2, -0.15) is 0 Å². The zero-order chi connectivity index (χ0) is 13.1. The largest absolute Gasteiger partial charge is 0.0958 e. The Morgan fingerprint density at radius 3 is 2.22 bits per heavy atom. The lowest BCUT2D eigenvalue weighted by atomic mass is 9.89. The van der Waals surface area contributed by atoms with Gasteiger partial charge in [0, 0.05) is 0 Å². The van der Waals surface area contributed by atoms with Crippen LogP contribution in [0, 0.1) is 0 Å². The van der Waals surface area contributed by atoms with Crippen molar-refractivity contribution in [3.8, 4) is 0 Å². The summed E-state index contributed by atoms with van der Waals surface area (Å²) in [5.74, 6) is 0. The quantitative estimate of drug-likeness (QED) is 0.607. The van der Waals surface area contributed by atoms with Crippen LogP contribution in [0.15, 0.2) is 59.2 Å². The smallest absolute Gasteiger partial charge is 0.0121 e. The zero-order valence-corrected chi connectivity index (χ0v) is 11.7. The highest BCUT2D eigenvalue weighted by atomic mass is 14.2. The van der Waals surface area contributed by atoms with E-state index < -0.39 is 0 Å². The summed E-state index contributed by atoms with van der Waals surface area (Å²) in [6.07, 6.45) is 3.75. The maximum atomic E-state index is 4.12. The Hall–Kier alpha value is -1.56. The van der Waals surface area contributed by atoms with E-state index >= 15 is 0 Å². The minimum Gasteiger partial charge on any atom is -0.0958 e. The molecule has 0 heteroatoms. The van der Waals surface area contributed by atoms with Gasteiger partial charge in [0.25, 0.3) is 0 Å². The monoisotopic (exact) mass is 238 g/mol. The highest BCUT2D eigenvalue weighted by molar-refractivity contribution is 5.84. The molecule has 94 valence electrons. The minimum atomic E-state index is 1.17. The van der Waals surface area contributed by atoms with E-state index in [2.05, 4.69) is 57.7 Å². The summed E-state index contributed by atoms with van der Waals surface area (Å²) < 4.78 is 0. The van der Waals surface area contributed by atoms with Crippen molar-refractivity contribution < 1.29 is 0 Å². The molecule has 0 aromatic heterocycles. The topological polar surface area (TPSA) is 0 Å². The van der Waals surface area contributed by atoms with Crippen LogP contribution < -0.4 is 0 Å². The number of hydrogen-bond donors (Lipinski definition) is 0. The van der Waals surface area contributed by atoms with Gasteiger partial charge in [0.2, 0.25) is 0 Å². The van der Waals surface area contributed by atoms with Gasteiger partial charge in [0.05, 0.1) is 0 Å². The molecule has 0 saturated carbocycles. The van der Waals surface area contributed by atoms with Crippen LogP contribution in [0.25, 0.3) is 5.57 Å². The number of rotatable bonds is 3. The summed E-state index contributed by atoms with van der Waals surface area (Å²) in [6.45, 7) is 10.7. The van der Waals surface area contributed by atoms with Gasteiger partial charge in [0.1, 0.15) is 0 Å². The van der Waals surface area contributed by atoms with E-state index in [0.717, 1.165) is 0 Å². The molecular weight excluding hydrogens is 216 g/mol. The Morgan fingerprint density at radius 2 is 1.72 bits per heavy atom. The molecule has 0 unspecified atom stereocenters. The van der Waals surface area contributed by atoms with E-state index in [9.17, 15) is 0 Å². The summed E-state index contributed by atoms with van der Waals surface area (Å²) in [4.78, 5) is 0. The molecule has 2 rings (SSSR count). The van der Waals surface area contributed by atoms with Crippen molar-refractivity contribution in [3.05, 3.63) is 64.8 Å². The molecule has 18 heavy (non-hydrogen) atoms. The minimum absolute atomic E-state index is 1.17. The lowest BCUT2D eigenvalue weighted by Crippen LogP contribution is -1.94. The van der Waals surface area contributed by atoms with Gasteiger partial charge in [-0.1, -0.05) is 48.1 Å². The van der Waals surface area contributed by atoms with Crippen molar-refractivity contribution in [1.82, 2.24) is 0 Å². The fraction of sp³-hybridized carbons (Fsp3) is 0.333. The van der Waals surface area contributed by atoms with Gasteiger partial charge < -0.3 is 0 Å². The van der Waals surface area contributed by atoms with Crippen LogP contribution in [0.4, 0.5) is 0 Å². The summed E-state index contributed by atoms with van der Waals surface area (Å²) in [7, 11) is 0. The van der Waals surface area contributed by atoms with Crippen molar-refractivity contribution in [2.24, 2.45) is 0 Å². The van der Waals surface area contributed by atoms with Crippen molar-refractivity contribution in [2.45, 2.75) is 40.0 Å². The molecule has 0 atom stereocenters. The highest BCUT2D eigenvalue weighted by Crippen LogP contribution is 2.39. The standard InChI is InChI=1S/C18H22/c1-13(2)15(4)18(16-10-6-5-7-11-16)17-12-8-9-14(17)3/h5-7,10-11H,1,8-9,12H2,2-4H3/b18-15-. The molecule has 1 aromatic carbocycles. The lowest BCUT2D eigenvalue weighted by molar-refractivity contribution is 0.899. The maximum absolute atomic E-state index is 4.12. The molecule has 0 heterocycles. The molecule has 1 aliphatic rings. The second-order valence-corrected chi connectivity index (χ2v) is 5.26. The third-order valence-corrected chi connectivity index (χ3v) is 3.87. The summed E-state index contributed by atoms with van der Waals surface area (Å²) in [5, 5.41) is 0. The predicted octanol–water partition coefficient (Wildman–Crippen LogP) is 5.54. The fourth-order valence-electron chi connectivity index (χ4n) is 2.67. The van der Waals surface area contributed by atoms with Crippen LogP contribution >= 0.6 is 0 Å². The Labute approximate surface area is 111 Å². The summed E-state index contributed by atoms with van der Waals surface area (Å²) >= 11 is 0. The Balaban J connectivity index is 2.60. The summed E-state index contributed by atoms with van der Waals surface area (Å²) in [6, 6.07) is 10.7. The van der Waals surface area contributed by atoms with Gasteiger partial charge in [-0.25, -0.2) is 0 Å². The molecular formula is C18H22. The van der Waals surface area contributed by atoms with Crippen LogP contribution in [0.2, 0.25) is 0 Å². The normalized spacial score (nSPS) is 16.8. The Kier molecular flexibility index (Phi) is 3.86. The molecule has 1 aromatic rings. The average Bonchev–Trinajstić information content (AvgIpc) is 2.77. The van der Waals surface area contributed by atoms with Crippen LogP contribution in [0.3, 0.4) is 0 Å². The molecule has 0 radical (unpaired) electrons. The molecule has 0 nitrogen and oxygen atoms in total. The first-order valence-corrected chi connectivity index (χ1v) is 6.72. The Bertz CT molecular complexity index is 512. The van der Waals surface area contributed by atoms with E-state index in [0.29, 0.717) is 0 Å². The van der Waals surface area contributed by atoms with Gasteiger partial charge >= 0.3 is 0 Å². The molecule has 1 aliphatic carbocycles. The van der Waals surface area contributed by atoms with E-state index in [-0.39, 0.29) is 0 Å². The average molecular weight is 238 g/mol. The molecule has 0 spiro atoms. The lowest BCUT2D eigenvalue weighted by Gasteiger charge is -2.16. The van der Waals surface area contributed by atoms with E-state index in [1.165, 1.54) is 41.5 Å². The fourth-order valence-corrected chi connectivity index (χ4v) is 2.67. The number of allylic oxidation sites excluding steroid dienone is 5. The second kappa shape index (κ2) is 5.39. The van der Waals surface area contributed by atoms with Gasteiger partial charge in [-0.05, 0) is 62.3 Å². The van der Waals surface area contributed by atoms with E-state index in [1.54, 1.807) is 11.1 Å². The van der Waals surface area contributed by atoms with Gasteiger partial charge in [0.15, 0.2) is 0 Å². The molecule has 0 bridgehead atoms. The van der Waals surface area contributed by atoms with Crippen LogP contribution in [0.5, 0.6) is 0 Å². The van der Waals surface area contributed by atoms with E-state index in [1.807, 2.05) is 0 Å². The van der Waals surface area contributed by atoms with Gasteiger partial charge in [-0.3, -0.25) is 0 Å². The molecule has 0 fully saturated rings. The third kappa shape index (κ3) is 2.48. The number of hydrogen-bond acceptors (Lipinski definition) is 0. The maximum Gasteiger partial charge on any atom is -0.0121 e. The molecule has 0 saturated heterocycles. The second-order valence-electron chi connectivity index (χ2n) is 5.26. The zero-order valence-electron chi connectivity index (χ0n) is 11.7.